The van der Waals surface area contributed by atoms with Gasteiger partial charge in [0, 0.05) is 6.42 Å². The summed E-state index contributed by atoms with van der Waals surface area (Å²) in [5, 5.41) is 10.7. The number of carbonyl (C=O) groups excluding carboxylic acids is 2. The number of amides is 1. The van der Waals surface area contributed by atoms with Crippen LogP contribution in [0.1, 0.15) is 25.8 Å². The second-order valence-corrected chi connectivity index (χ2v) is 7.29. The van der Waals surface area contributed by atoms with Crippen molar-refractivity contribution in [2.45, 2.75) is 20.3 Å². The molecule has 1 N–H and O–H groups in total. The molecule has 28 heavy (non-hydrogen) atoms. The third kappa shape index (κ3) is 5.27. The maximum absolute atomic E-state index is 12.2. The molecule has 0 radical (unpaired) electrons. The van der Waals surface area contributed by atoms with Gasteiger partial charge in [-0.05, 0) is 46.6 Å². The van der Waals surface area contributed by atoms with E-state index < -0.39 is 11.9 Å². The fourth-order valence-electron chi connectivity index (χ4n) is 2.18. The number of benzene rings is 1. The van der Waals surface area contributed by atoms with Crippen LogP contribution in [0.3, 0.4) is 0 Å². The van der Waals surface area contributed by atoms with Crippen molar-refractivity contribution in [2.75, 3.05) is 13.2 Å². The summed E-state index contributed by atoms with van der Waals surface area (Å²) in [4.78, 5) is 28.2. The van der Waals surface area contributed by atoms with Crippen molar-refractivity contribution < 1.29 is 24.2 Å². The lowest BCUT2D eigenvalue weighted by molar-refractivity contribution is -0.138. The molecule has 0 bridgehead atoms. The van der Waals surface area contributed by atoms with Gasteiger partial charge in [-0.1, -0.05) is 30.7 Å². The molecule has 1 aliphatic rings. The van der Waals surface area contributed by atoms with Crippen LogP contribution in [-0.4, -0.2) is 35.2 Å². The number of aliphatic hydroxyl groups excluding tert-OH is 1. The molecular formula is C20H18BrNO5S. The molecule has 0 aromatic heterocycles. The number of carbonyl (C=O) groups is 2. The minimum Gasteiger partial charge on any atom is -0.506 e. The highest BCUT2D eigenvalue weighted by Crippen LogP contribution is 2.39. The average molecular weight is 464 g/mol. The van der Waals surface area contributed by atoms with Crippen LogP contribution >= 0.6 is 27.7 Å². The number of esters is 1. The van der Waals surface area contributed by atoms with Gasteiger partial charge in [-0.25, -0.2) is 9.79 Å². The quantitative estimate of drug-likeness (QED) is 0.500. The number of aliphatic hydroxyl groups is 1. The van der Waals surface area contributed by atoms with E-state index in [1.807, 2.05) is 0 Å². The van der Waals surface area contributed by atoms with Crippen LogP contribution < -0.4 is 4.74 Å². The van der Waals surface area contributed by atoms with Crippen LogP contribution in [0.2, 0.25) is 0 Å². The number of ether oxygens (including phenoxy) is 2. The lowest BCUT2D eigenvalue weighted by Crippen LogP contribution is -2.14. The highest BCUT2D eigenvalue weighted by Gasteiger charge is 2.33. The Morgan fingerprint density at radius 3 is 2.75 bits per heavy atom. The van der Waals surface area contributed by atoms with E-state index in [1.165, 1.54) is 0 Å². The summed E-state index contributed by atoms with van der Waals surface area (Å²) in [5.74, 6) is 1.59. The largest absolute Gasteiger partial charge is 0.506 e. The Kier molecular flexibility index (Phi) is 7.91. The standard InChI is InChI=1S/C20H18BrNO5S/c1-4-9-27-14-8-7-12(10-13(14)21)11-15-18(24)17(20(25)26-6-3)19(28-15)22-16(23)5-2/h1,7-8,10-11,24H,5-6,9H2,2-3H3/b15-11-,22-19?. The van der Waals surface area contributed by atoms with E-state index in [0.29, 0.717) is 15.1 Å². The minimum atomic E-state index is -0.724. The van der Waals surface area contributed by atoms with Gasteiger partial charge in [0.05, 0.1) is 16.0 Å². The second-order valence-electron chi connectivity index (χ2n) is 5.40. The summed E-state index contributed by atoms with van der Waals surface area (Å²) in [7, 11) is 0. The normalized spacial score (nSPS) is 16.4. The predicted molar refractivity (Wildman–Crippen MR) is 113 cm³/mol. The van der Waals surface area contributed by atoms with Crippen LogP contribution in [0.15, 0.2) is 43.9 Å². The van der Waals surface area contributed by atoms with Gasteiger partial charge < -0.3 is 14.6 Å². The molecule has 0 fully saturated rings. The molecular weight excluding hydrogens is 446 g/mol. The minimum absolute atomic E-state index is 0.104. The highest BCUT2D eigenvalue weighted by atomic mass is 79.9. The molecule has 6 nitrogen and oxygen atoms in total. The van der Waals surface area contributed by atoms with E-state index in [4.69, 9.17) is 15.9 Å². The van der Waals surface area contributed by atoms with E-state index in [1.54, 1.807) is 38.1 Å². The van der Waals surface area contributed by atoms with Gasteiger partial charge in [0.1, 0.15) is 28.7 Å². The van der Waals surface area contributed by atoms with E-state index in [0.717, 1.165) is 17.3 Å². The zero-order chi connectivity index (χ0) is 20.7. The zero-order valence-corrected chi connectivity index (χ0v) is 17.7. The number of aliphatic imine (C=N–C) groups is 1. The fourth-order valence-corrected chi connectivity index (χ4v) is 3.72. The van der Waals surface area contributed by atoms with Crippen molar-refractivity contribution in [3.05, 3.63) is 44.5 Å². The first kappa shape index (κ1) is 21.8. The first-order valence-electron chi connectivity index (χ1n) is 8.39. The van der Waals surface area contributed by atoms with Crippen molar-refractivity contribution >= 4 is 50.7 Å². The van der Waals surface area contributed by atoms with Crippen molar-refractivity contribution in [1.29, 1.82) is 0 Å². The van der Waals surface area contributed by atoms with Crippen LogP contribution in [-0.2, 0) is 14.3 Å². The maximum atomic E-state index is 12.2. The summed E-state index contributed by atoms with van der Waals surface area (Å²) in [6.45, 7) is 3.61. The van der Waals surface area contributed by atoms with Crippen LogP contribution in [0.5, 0.6) is 5.75 Å². The van der Waals surface area contributed by atoms with Crippen molar-refractivity contribution in [3.8, 4) is 18.1 Å². The highest BCUT2D eigenvalue weighted by molar-refractivity contribution is 9.10. The Labute approximate surface area is 175 Å². The first-order valence-corrected chi connectivity index (χ1v) is 10.00. The number of hydrogen-bond donors (Lipinski definition) is 1. The molecule has 2 rings (SSSR count). The Balaban J connectivity index is 2.41. The van der Waals surface area contributed by atoms with Crippen molar-refractivity contribution in [3.63, 3.8) is 0 Å². The molecule has 0 aliphatic carbocycles. The molecule has 1 aliphatic heterocycles. The fraction of sp³-hybridized carbons (Fsp3) is 0.250. The molecule has 1 aromatic carbocycles. The van der Waals surface area contributed by atoms with Crippen LogP contribution in [0.4, 0.5) is 0 Å². The number of hydrogen-bond acceptors (Lipinski definition) is 6. The lowest BCUT2D eigenvalue weighted by Gasteiger charge is -2.06. The van der Waals surface area contributed by atoms with E-state index >= 15 is 0 Å². The Morgan fingerprint density at radius 1 is 1.39 bits per heavy atom. The topological polar surface area (TPSA) is 85.2 Å². The van der Waals surface area contributed by atoms with Gasteiger partial charge in [-0.2, -0.15) is 0 Å². The first-order chi connectivity index (χ1) is 13.4. The van der Waals surface area contributed by atoms with Gasteiger partial charge in [-0.15, -0.1) is 6.42 Å². The van der Waals surface area contributed by atoms with E-state index in [2.05, 4.69) is 26.8 Å². The molecule has 146 valence electrons. The van der Waals surface area contributed by atoms with Gasteiger partial charge in [0.2, 0.25) is 5.91 Å². The van der Waals surface area contributed by atoms with E-state index in [9.17, 15) is 14.7 Å². The second kappa shape index (κ2) is 10.2. The number of nitrogens with zero attached hydrogens (tertiary/aromatic N) is 1. The third-order valence-electron chi connectivity index (χ3n) is 3.46. The molecule has 0 saturated heterocycles. The third-order valence-corrected chi connectivity index (χ3v) is 5.10. The molecule has 1 amide bonds. The van der Waals surface area contributed by atoms with Gasteiger partial charge in [0.15, 0.2) is 0 Å². The number of thioether (sulfide) groups is 1. The Morgan fingerprint density at radius 2 is 2.14 bits per heavy atom. The Bertz CT molecular complexity index is 927. The van der Waals surface area contributed by atoms with Crippen molar-refractivity contribution in [1.82, 2.24) is 0 Å². The van der Waals surface area contributed by atoms with Crippen molar-refractivity contribution in [2.24, 2.45) is 4.99 Å². The number of rotatable bonds is 6. The van der Waals surface area contributed by atoms with E-state index in [-0.39, 0.29) is 36.0 Å². The maximum Gasteiger partial charge on any atom is 0.344 e. The smallest absolute Gasteiger partial charge is 0.344 e. The zero-order valence-electron chi connectivity index (χ0n) is 15.3. The molecule has 0 saturated carbocycles. The SMILES string of the molecule is C#CCOc1ccc(/C=C2\SC(=NC(=O)CC)C(C(=O)OCC)=C2O)cc1Br. The summed E-state index contributed by atoms with van der Waals surface area (Å²) >= 11 is 4.44. The molecule has 1 aromatic rings. The number of terminal acetylenes is 1. The van der Waals surface area contributed by atoms with Crippen LogP contribution in [0, 0.1) is 12.3 Å². The molecule has 0 atom stereocenters. The number of halogens is 1. The molecule has 0 unspecified atom stereocenters. The molecule has 8 heteroatoms. The summed E-state index contributed by atoms with van der Waals surface area (Å²) in [6.07, 6.45) is 7.05. The van der Waals surface area contributed by atoms with Crippen LogP contribution in [0.25, 0.3) is 6.08 Å². The summed E-state index contributed by atoms with van der Waals surface area (Å²) in [5.41, 5.74) is 0.633. The Hall–Kier alpha value is -2.50. The summed E-state index contributed by atoms with van der Waals surface area (Å²) in [6, 6.07) is 5.28. The monoisotopic (exact) mass is 463 g/mol. The van der Waals surface area contributed by atoms with Gasteiger partial charge in [0.25, 0.3) is 0 Å². The molecule has 1 heterocycles. The molecule has 0 spiro atoms. The van der Waals surface area contributed by atoms with Gasteiger partial charge in [-0.3, -0.25) is 4.79 Å². The predicted octanol–water partition coefficient (Wildman–Crippen LogP) is 4.26. The van der Waals surface area contributed by atoms with Gasteiger partial charge >= 0.3 is 5.97 Å². The lowest BCUT2D eigenvalue weighted by atomic mass is 10.1. The summed E-state index contributed by atoms with van der Waals surface area (Å²) < 4.78 is 11.1. The average Bonchev–Trinajstić information content (AvgIpc) is 2.96.